The molecule has 0 heterocycles. The van der Waals surface area contributed by atoms with E-state index in [2.05, 4.69) is 0 Å². The highest BCUT2D eigenvalue weighted by molar-refractivity contribution is 5.83. The summed E-state index contributed by atoms with van der Waals surface area (Å²) in [7, 11) is 0. The molecule has 72 valence electrons. The topological polar surface area (TPSA) is 78.3 Å². The molecule has 0 aromatic rings. The smallest absolute Gasteiger partial charge is 0.237 e. The Labute approximate surface area is 73.2 Å². The zero-order valence-electron chi connectivity index (χ0n) is 7.96. The Hall–Kier alpha value is -0.610. The standard InChI is InChI=1S/C8H18N2O2/c1-4-12-6(2)5-8(3,10)7(9)11/h6H,4-5,10H2,1-3H3,(H2,9,11). The highest BCUT2D eigenvalue weighted by atomic mass is 16.5. The van der Waals surface area contributed by atoms with Crippen LogP contribution in [0.5, 0.6) is 0 Å². The van der Waals surface area contributed by atoms with Crippen LogP contribution in [0, 0.1) is 0 Å². The van der Waals surface area contributed by atoms with Crippen LogP contribution in [0.2, 0.25) is 0 Å². The van der Waals surface area contributed by atoms with Crippen LogP contribution in [0.3, 0.4) is 0 Å². The zero-order valence-corrected chi connectivity index (χ0v) is 7.96. The summed E-state index contributed by atoms with van der Waals surface area (Å²) in [5.74, 6) is -0.492. The Kier molecular flexibility index (Phi) is 4.20. The molecule has 0 fully saturated rings. The van der Waals surface area contributed by atoms with Crippen LogP contribution in [0.25, 0.3) is 0 Å². The molecule has 4 heteroatoms. The maximum atomic E-state index is 10.8. The van der Waals surface area contributed by atoms with Gasteiger partial charge in [0.2, 0.25) is 5.91 Å². The number of amides is 1. The van der Waals surface area contributed by atoms with Crippen molar-refractivity contribution in [2.24, 2.45) is 11.5 Å². The number of carbonyl (C=O) groups excluding carboxylic acids is 1. The lowest BCUT2D eigenvalue weighted by Crippen LogP contribution is -2.51. The highest BCUT2D eigenvalue weighted by Crippen LogP contribution is 2.10. The van der Waals surface area contributed by atoms with Gasteiger partial charge < -0.3 is 16.2 Å². The van der Waals surface area contributed by atoms with Gasteiger partial charge >= 0.3 is 0 Å². The Morgan fingerprint density at radius 3 is 2.50 bits per heavy atom. The lowest BCUT2D eigenvalue weighted by Gasteiger charge is -2.24. The summed E-state index contributed by atoms with van der Waals surface area (Å²) >= 11 is 0. The molecule has 1 amide bonds. The number of hydrogen-bond donors (Lipinski definition) is 2. The largest absolute Gasteiger partial charge is 0.379 e. The van der Waals surface area contributed by atoms with Crippen molar-refractivity contribution in [1.29, 1.82) is 0 Å². The van der Waals surface area contributed by atoms with Crippen LogP contribution in [0.15, 0.2) is 0 Å². The second-order valence-corrected chi connectivity index (χ2v) is 3.25. The number of nitrogens with two attached hydrogens (primary N) is 2. The molecule has 0 aliphatic carbocycles. The molecular weight excluding hydrogens is 156 g/mol. The van der Waals surface area contributed by atoms with E-state index >= 15 is 0 Å². The Morgan fingerprint density at radius 1 is 1.67 bits per heavy atom. The van der Waals surface area contributed by atoms with E-state index in [1.807, 2.05) is 13.8 Å². The fourth-order valence-electron chi connectivity index (χ4n) is 1.04. The van der Waals surface area contributed by atoms with Gasteiger partial charge in [-0.3, -0.25) is 4.79 Å². The van der Waals surface area contributed by atoms with Crippen LogP contribution in [-0.2, 0) is 9.53 Å². The minimum atomic E-state index is -0.964. The Balaban J connectivity index is 3.96. The quantitative estimate of drug-likeness (QED) is 0.616. The first-order valence-corrected chi connectivity index (χ1v) is 4.10. The van der Waals surface area contributed by atoms with Gasteiger partial charge in [-0.05, 0) is 27.2 Å². The minimum absolute atomic E-state index is 0.0301. The summed E-state index contributed by atoms with van der Waals surface area (Å²) in [5, 5.41) is 0. The zero-order chi connectivity index (χ0) is 9.78. The van der Waals surface area contributed by atoms with Crippen molar-refractivity contribution in [3.05, 3.63) is 0 Å². The van der Waals surface area contributed by atoms with Gasteiger partial charge in [-0.15, -0.1) is 0 Å². The van der Waals surface area contributed by atoms with Crippen LogP contribution in [0.1, 0.15) is 27.2 Å². The second kappa shape index (κ2) is 4.42. The highest BCUT2D eigenvalue weighted by Gasteiger charge is 2.27. The van der Waals surface area contributed by atoms with Crippen molar-refractivity contribution in [3.63, 3.8) is 0 Å². The van der Waals surface area contributed by atoms with Crippen molar-refractivity contribution in [3.8, 4) is 0 Å². The van der Waals surface area contributed by atoms with Gasteiger partial charge in [0.25, 0.3) is 0 Å². The summed E-state index contributed by atoms with van der Waals surface area (Å²) in [4.78, 5) is 10.8. The summed E-state index contributed by atoms with van der Waals surface area (Å²) in [5.41, 5.74) is 9.77. The van der Waals surface area contributed by atoms with E-state index in [1.54, 1.807) is 6.92 Å². The van der Waals surface area contributed by atoms with Crippen LogP contribution >= 0.6 is 0 Å². The van der Waals surface area contributed by atoms with E-state index in [0.717, 1.165) is 0 Å². The maximum absolute atomic E-state index is 10.8. The fourth-order valence-corrected chi connectivity index (χ4v) is 1.04. The number of rotatable bonds is 5. The molecule has 0 aliphatic heterocycles. The third-order valence-electron chi connectivity index (χ3n) is 1.73. The Bertz CT molecular complexity index is 157. The van der Waals surface area contributed by atoms with Crippen molar-refractivity contribution in [2.45, 2.75) is 38.8 Å². The van der Waals surface area contributed by atoms with Gasteiger partial charge in [0, 0.05) is 6.61 Å². The molecular formula is C8H18N2O2. The summed E-state index contributed by atoms with van der Waals surface area (Å²) < 4.78 is 5.24. The summed E-state index contributed by atoms with van der Waals surface area (Å²) in [6.45, 7) is 6.01. The molecule has 2 atom stereocenters. The maximum Gasteiger partial charge on any atom is 0.237 e. The molecule has 0 radical (unpaired) electrons. The van der Waals surface area contributed by atoms with Gasteiger partial charge in [-0.2, -0.15) is 0 Å². The predicted octanol–water partition coefficient (Wildman–Crippen LogP) is 0.00420. The first-order valence-electron chi connectivity index (χ1n) is 4.10. The van der Waals surface area contributed by atoms with Gasteiger partial charge in [0.05, 0.1) is 11.6 Å². The van der Waals surface area contributed by atoms with Gasteiger partial charge in [-0.1, -0.05) is 0 Å². The lowest BCUT2D eigenvalue weighted by atomic mass is 9.95. The molecule has 0 bridgehead atoms. The molecule has 0 spiro atoms. The average Bonchev–Trinajstić information content (AvgIpc) is 1.85. The first kappa shape index (κ1) is 11.4. The molecule has 0 saturated carbocycles. The molecule has 4 N–H and O–H groups in total. The van der Waals surface area contributed by atoms with Gasteiger partial charge in [-0.25, -0.2) is 0 Å². The third-order valence-corrected chi connectivity index (χ3v) is 1.73. The normalized spacial score (nSPS) is 18.3. The van der Waals surface area contributed by atoms with E-state index in [9.17, 15) is 4.79 Å². The summed E-state index contributed by atoms with van der Waals surface area (Å²) in [6, 6.07) is 0. The molecule has 0 aliphatic rings. The lowest BCUT2D eigenvalue weighted by molar-refractivity contribution is -0.123. The summed E-state index contributed by atoms with van der Waals surface area (Å²) in [6.07, 6.45) is 0.424. The third kappa shape index (κ3) is 3.69. The Morgan fingerprint density at radius 2 is 2.17 bits per heavy atom. The molecule has 4 nitrogen and oxygen atoms in total. The van der Waals surface area contributed by atoms with Crippen LogP contribution in [0.4, 0.5) is 0 Å². The van der Waals surface area contributed by atoms with Crippen molar-refractivity contribution in [2.75, 3.05) is 6.61 Å². The van der Waals surface area contributed by atoms with Crippen LogP contribution < -0.4 is 11.5 Å². The van der Waals surface area contributed by atoms with E-state index in [1.165, 1.54) is 0 Å². The fraction of sp³-hybridized carbons (Fsp3) is 0.875. The SMILES string of the molecule is CCOC(C)CC(C)(N)C(N)=O. The van der Waals surface area contributed by atoms with Gasteiger partial charge in [0.15, 0.2) is 0 Å². The first-order chi connectivity index (χ1) is 5.40. The number of ether oxygens (including phenoxy) is 1. The molecule has 0 saturated heterocycles. The van der Waals surface area contributed by atoms with Gasteiger partial charge in [0.1, 0.15) is 0 Å². The number of primary amides is 1. The second-order valence-electron chi connectivity index (χ2n) is 3.25. The van der Waals surface area contributed by atoms with Crippen molar-refractivity contribution in [1.82, 2.24) is 0 Å². The van der Waals surface area contributed by atoms with Crippen molar-refractivity contribution < 1.29 is 9.53 Å². The average molecular weight is 174 g/mol. The molecule has 2 unspecified atom stereocenters. The molecule has 0 aromatic carbocycles. The predicted molar refractivity (Wildman–Crippen MR) is 47.5 cm³/mol. The van der Waals surface area contributed by atoms with E-state index in [0.29, 0.717) is 13.0 Å². The van der Waals surface area contributed by atoms with E-state index in [-0.39, 0.29) is 6.10 Å². The monoisotopic (exact) mass is 174 g/mol. The molecule has 0 rings (SSSR count). The minimum Gasteiger partial charge on any atom is -0.379 e. The van der Waals surface area contributed by atoms with Crippen molar-refractivity contribution >= 4 is 5.91 Å². The van der Waals surface area contributed by atoms with E-state index < -0.39 is 11.4 Å². The van der Waals surface area contributed by atoms with E-state index in [4.69, 9.17) is 16.2 Å². The molecule has 0 aromatic heterocycles. The number of hydrogen-bond acceptors (Lipinski definition) is 3. The molecule has 12 heavy (non-hydrogen) atoms. The number of carbonyl (C=O) groups is 1. The van der Waals surface area contributed by atoms with Crippen LogP contribution in [-0.4, -0.2) is 24.2 Å².